The third-order valence-electron chi connectivity index (χ3n) is 3.69. The first-order valence-electron chi connectivity index (χ1n) is 7.44. The third kappa shape index (κ3) is 4.77. The molecule has 1 saturated heterocycles. The van der Waals surface area contributed by atoms with Crippen LogP contribution in [0.25, 0.3) is 0 Å². The van der Waals surface area contributed by atoms with Crippen LogP contribution in [-0.4, -0.2) is 36.5 Å². The summed E-state index contributed by atoms with van der Waals surface area (Å²) in [5.41, 5.74) is 1.80. The minimum Gasteiger partial charge on any atom is -0.341 e. The van der Waals surface area contributed by atoms with Crippen LogP contribution in [0.4, 0.5) is 10.5 Å². The number of benzene rings is 1. The van der Waals surface area contributed by atoms with Crippen molar-refractivity contribution in [1.29, 1.82) is 0 Å². The summed E-state index contributed by atoms with van der Waals surface area (Å²) in [6, 6.07) is 7.20. The number of hydrogen-bond acceptors (Lipinski definition) is 2. The number of aryl methyl sites for hydroxylation is 1. The summed E-state index contributed by atoms with van der Waals surface area (Å²) >= 11 is 0. The van der Waals surface area contributed by atoms with Crippen LogP contribution in [-0.2, 0) is 4.79 Å². The van der Waals surface area contributed by atoms with Crippen molar-refractivity contribution in [3.63, 3.8) is 0 Å². The van der Waals surface area contributed by atoms with Gasteiger partial charge in [-0.1, -0.05) is 19.1 Å². The van der Waals surface area contributed by atoms with Crippen molar-refractivity contribution in [2.45, 2.75) is 26.7 Å². The fraction of sp³-hybridized carbons (Fsp3) is 0.500. The average Bonchev–Trinajstić information content (AvgIpc) is 2.45. The molecule has 5 nitrogen and oxygen atoms in total. The van der Waals surface area contributed by atoms with E-state index in [2.05, 4.69) is 17.6 Å². The first-order valence-corrected chi connectivity index (χ1v) is 7.44. The van der Waals surface area contributed by atoms with Gasteiger partial charge in [-0.25, -0.2) is 4.79 Å². The summed E-state index contributed by atoms with van der Waals surface area (Å²) in [5.74, 6) is 0.532. The van der Waals surface area contributed by atoms with E-state index in [0.717, 1.165) is 30.8 Å². The van der Waals surface area contributed by atoms with Gasteiger partial charge >= 0.3 is 6.03 Å². The summed E-state index contributed by atoms with van der Waals surface area (Å²) in [7, 11) is 0. The summed E-state index contributed by atoms with van der Waals surface area (Å²) in [4.78, 5) is 25.7. The number of likely N-dealkylation sites (tertiary alicyclic amines) is 1. The molecule has 114 valence electrons. The largest absolute Gasteiger partial charge is 0.341 e. The Labute approximate surface area is 125 Å². The third-order valence-corrected chi connectivity index (χ3v) is 3.69. The maximum Gasteiger partial charge on any atom is 0.319 e. The van der Waals surface area contributed by atoms with E-state index >= 15 is 0 Å². The first kappa shape index (κ1) is 15.4. The molecule has 2 rings (SSSR count). The molecule has 3 amide bonds. The second-order valence-electron chi connectivity index (χ2n) is 5.76. The Morgan fingerprint density at radius 1 is 1.38 bits per heavy atom. The van der Waals surface area contributed by atoms with Gasteiger partial charge in [0.25, 0.3) is 0 Å². The minimum absolute atomic E-state index is 0.0130. The SMILES string of the molecule is Cc1cccc(NC(=O)NCC(=O)N2CCCC(C)C2)c1. The Morgan fingerprint density at radius 3 is 2.90 bits per heavy atom. The van der Waals surface area contributed by atoms with Gasteiger partial charge < -0.3 is 15.5 Å². The van der Waals surface area contributed by atoms with Crippen molar-refractivity contribution in [3.05, 3.63) is 29.8 Å². The molecule has 0 bridgehead atoms. The van der Waals surface area contributed by atoms with Crippen LogP contribution in [0, 0.1) is 12.8 Å². The number of anilines is 1. The highest BCUT2D eigenvalue weighted by molar-refractivity contribution is 5.92. The molecule has 21 heavy (non-hydrogen) atoms. The highest BCUT2D eigenvalue weighted by Crippen LogP contribution is 2.15. The number of nitrogens with zero attached hydrogens (tertiary/aromatic N) is 1. The highest BCUT2D eigenvalue weighted by Gasteiger charge is 2.20. The van der Waals surface area contributed by atoms with Gasteiger partial charge in [-0.15, -0.1) is 0 Å². The molecule has 1 aliphatic heterocycles. The highest BCUT2D eigenvalue weighted by atomic mass is 16.2. The van der Waals surface area contributed by atoms with Crippen molar-refractivity contribution in [2.75, 3.05) is 25.0 Å². The predicted octanol–water partition coefficient (Wildman–Crippen LogP) is 2.38. The fourth-order valence-electron chi connectivity index (χ4n) is 2.58. The quantitative estimate of drug-likeness (QED) is 0.897. The number of hydrogen-bond donors (Lipinski definition) is 2. The van der Waals surface area contributed by atoms with Crippen molar-refractivity contribution < 1.29 is 9.59 Å². The zero-order valence-corrected chi connectivity index (χ0v) is 12.7. The van der Waals surface area contributed by atoms with Gasteiger partial charge in [0.1, 0.15) is 0 Å². The summed E-state index contributed by atoms with van der Waals surface area (Å²) in [6.07, 6.45) is 2.22. The summed E-state index contributed by atoms with van der Waals surface area (Å²) < 4.78 is 0. The van der Waals surface area contributed by atoms with E-state index in [1.165, 1.54) is 6.42 Å². The number of urea groups is 1. The zero-order chi connectivity index (χ0) is 15.2. The standard InChI is InChI=1S/C16H23N3O2/c1-12-5-3-7-14(9-12)18-16(21)17-10-15(20)19-8-4-6-13(2)11-19/h3,5,7,9,13H,4,6,8,10-11H2,1-2H3,(H2,17,18,21). The van der Waals surface area contributed by atoms with Crippen LogP contribution in [0.5, 0.6) is 0 Å². The molecule has 0 aromatic heterocycles. The Kier molecular flexibility index (Phi) is 5.20. The van der Waals surface area contributed by atoms with Crippen LogP contribution in [0.2, 0.25) is 0 Å². The number of carbonyl (C=O) groups is 2. The lowest BCUT2D eigenvalue weighted by Crippen LogP contribution is -2.45. The van der Waals surface area contributed by atoms with Gasteiger partial charge in [-0.3, -0.25) is 4.79 Å². The topological polar surface area (TPSA) is 61.4 Å². The maximum absolute atomic E-state index is 12.0. The van der Waals surface area contributed by atoms with Crippen LogP contribution in [0.15, 0.2) is 24.3 Å². The van der Waals surface area contributed by atoms with Gasteiger partial charge in [0.15, 0.2) is 0 Å². The molecule has 0 spiro atoms. The second kappa shape index (κ2) is 7.11. The zero-order valence-electron chi connectivity index (χ0n) is 12.7. The first-order chi connectivity index (χ1) is 10.0. The number of rotatable bonds is 3. The molecule has 1 fully saturated rings. The lowest BCUT2D eigenvalue weighted by atomic mass is 10.0. The van der Waals surface area contributed by atoms with Gasteiger partial charge in [-0.05, 0) is 43.4 Å². The Balaban J connectivity index is 1.77. The maximum atomic E-state index is 12.0. The molecular formula is C16H23N3O2. The monoisotopic (exact) mass is 289 g/mol. The molecule has 1 unspecified atom stereocenters. The normalized spacial score (nSPS) is 18.2. The summed E-state index contributed by atoms with van der Waals surface area (Å²) in [6.45, 7) is 5.75. The fourth-order valence-corrected chi connectivity index (χ4v) is 2.58. The number of carbonyl (C=O) groups excluding carboxylic acids is 2. The van der Waals surface area contributed by atoms with E-state index < -0.39 is 0 Å². The molecular weight excluding hydrogens is 266 g/mol. The lowest BCUT2D eigenvalue weighted by molar-refractivity contribution is -0.131. The van der Waals surface area contributed by atoms with E-state index in [9.17, 15) is 9.59 Å². The lowest BCUT2D eigenvalue weighted by Gasteiger charge is -2.31. The van der Waals surface area contributed by atoms with Crippen molar-refractivity contribution >= 4 is 17.6 Å². The molecule has 0 saturated carbocycles. The van der Waals surface area contributed by atoms with Crippen molar-refractivity contribution in [2.24, 2.45) is 5.92 Å². The van der Waals surface area contributed by atoms with E-state index in [0.29, 0.717) is 5.92 Å². The second-order valence-corrected chi connectivity index (χ2v) is 5.76. The number of nitrogens with one attached hydrogen (secondary N) is 2. The van der Waals surface area contributed by atoms with E-state index in [-0.39, 0.29) is 18.5 Å². The molecule has 0 aliphatic carbocycles. The van der Waals surface area contributed by atoms with E-state index in [1.807, 2.05) is 36.1 Å². The van der Waals surface area contributed by atoms with Gasteiger partial charge in [0.05, 0.1) is 6.54 Å². The van der Waals surface area contributed by atoms with E-state index in [4.69, 9.17) is 0 Å². The molecule has 1 heterocycles. The predicted molar refractivity (Wildman–Crippen MR) is 83.2 cm³/mol. The molecule has 1 aliphatic rings. The van der Waals surface area contributed by atoms with Crippen LogP contribution in [0.1, 0.15) is 25.3 Å². The van der Waals surface area contributed by atoms with Gasteiger partial charge in [0.2, 0.25) is 5.91 Å². The van der Waals surface area contributed by atoms with Crippen molar-refractivity contribution in [3.8, 4) is 0 Å². The summed E-state index contributed by atoms with van der Waals surface area (Å²) in [5, 5.41) is 5.35. The van der Waals surface area contributed by atoms with Gasteiger partial charge in [-0.2, -0.15) is 0 Å². The smallest absolute Gasteiger partial charge is 0.319 e. The van der Waals surface area contributed by atoms with Crippen LogP contribution in [0.3, 0.4) is 0 Å². The molecule has 2 N–H and O–H groups in total. The molecule has 1 aromatic rings. The minimum atomic E-state index is -0.348. The van der Waals surface area contributed by atoms with Crippen LogP contribution >= 0.6 is 0 Å². The Hall–Kier alpha value is -2.04. The Morgan fingerprint density at radius 2 is 2.19 bits per heavy atom. The van der Waals surface area contributed by atoms with Gasteiger partial charge in [0, 0.05) is 18.8 Å². The average molecular weight is 289 g/mol. The van der Waals surface area contributed by atoms with Crippen molar-refractivity contribution in [1.82, 2.24) is 10.2 Å². The number of piperidine rings is 1. The molecule has 1 aromatic carbocycles. The van der Waals surface area contributed by atoms with E-state index in [1.54, 1.807) is 0 Å². The Bertz CT molecular complexity index is 516. The molecule has 5 heteroatoms. The molecule has 1 atom stereocenters. The number of amides is 3. The molecule has 0 radical (unpaired) electrons. The van der Waals surface area contributed by atoms with Crippen LogP contribution < -0.4 is 10.6 Å².